The number of carbonyl (C=O) groups excluding carboxylic acids is 2. The van der Waals surface area contributed by atoms with Gasteiger partial charge in [-0.2, -0.15) is 10.2 Å². The van der Waals surface area contributed by atoms with Gasteiger partial charge in [0, 0.05) is 24.0 Å². The molecule has 2 saturated heterocycles. The summed E-state index contributed by atoms with van der Waals surface area (Å²) in [5.41, 5.74) is -1.15. The zero-order valence-electron chi connectivity index (χ0n) is 42.4. The van der Waals surface area contributed by atoms with Crippen LogP contribution in [0.1, 0.15) is 70.1 Å². The Morgan fingerprint density at radius 3 is 2.41 bits per heavy atom. The molecule has 1 spiro atoms. The number of phosphoric ester groups is 2. The van der Waals surface area contributed by atoms with E-state index in [9.17, 15) is 19.6 Å². The molecule has 6 heterocycles. The van der Waals surface area contributed by atoms with E-state index in [2.05, 4.69) is 66.2 Å². The molecule has 4 bridgehead atoms. The first-order chi connectivity index (χ1) is 35.6. The average molecular weight is 1090 g/mol. The van der Waals surface area contributed by atoms with E-state index in [4.69, 9.17) is 47.6 Å². The van der Waals surface area contributed by atoms with Gasteiger partial charge in [-0.25, -0.2) is 35.6 Å². The summed E-state index contributed by atoms with van der Waals surface area (Å²) in [5.74, 6) is -1.89. The van der Waals surface area contributed by atoms with Crippen LogP contribution in [-0.4, -0.2) is 130 Å². The molecule has 29 heteroatoms. The molecule has 2 saturated carbocycles. The smallest absolute Gasteiger partial charge is 0.411 e. The van der Waals surface area contributed by atoms with Gasteiger partial charge in [-0.1, -0.05) is 52.8 Å². The van der Waals surface area contributed by atoms with Crippen LogP contribution < -0.4 is 16.2 Å². The first kappa shape index (κ1) is 54.2. The number of anilines is 2. The Hall–Kier alpha value is -5.64. The van der Waals surface area contributed by atoms with Crippen LogP contribution in [0.2, 0.25) is 18.1 Å². The van der Waals surface area contributed by atoms with E-state index in [0.717, 1.165) is 0 Å². The number of fused-ring (bicyclic) bond motifs is 5. The van der Waals surface area contributed by atoms with Gasteiger partial charge in [0.2, 0.25) is 18.4 Å². The topological polar surface area (TPSA) is 311 Å². The van der Waals surface area contributed by atoms with Crippen LogP contribution in [0.15, 0.2) is 54.1 Å². The lowest BCUT2D eigenvalue weighted by atomic mass is 10.0. The molecule has 1 aromatic carbocycles. The second-order valence-electron chi connectivity index (χ2n) is 20.4. The fourth-order valence-electron chi connectivity index (χ4n) is 9.36. The van der Waals surface area contributed by atoms with Crippen LogP contribution in [0.4, 0.5) is 11.8 Å². The van der Waals surface area contributed by atoms with Crippen LogP contribution >= 0.6 is 15.6 Å². The summed E-state index contributed by atoms with van der Waals surface area (Å²) in [4.78, 5) is 67.8. The lowest BCUT2D eigenvalue weighted by Gasteiger charge is -2.43. The first-order valence-corrected chi connectivity index (χ1v) is 30.0. The van der Waals surface area contributed by atoms with Crippen molar-refractivity contribution in [3.63, 3.8) is 0 Å². The lowest BCUT2D eigenvalue weighted by molar-refractivity contribution is -0.118. The predicted molar refractivity (Wildman–Crippen MR) is 268 cm³/mol. The number of amides is 2. The van der Waals surface area contributed by atoms with Gasteiger partial charge in [0.1, 0.15) is 37.4 Å². The van der Waals surface area contributed by atoms with Gasteiger partial charge in [0.15, 0.2) is 42.7 Å². The molecule has 5 aromatic rings. The summed E-state index contributed by atoms with van der Waals surface area (Å²) in [6.07, 6.45) is -3.45. The third-order valence-electron chi connectivity index (χ3n) is 14.3. The zero-order chi connectivity index (χ0) is 53.7. The normalized spacial score (nSPS) is 29.9. The molecule has 26 nitrogen and oxygen atoms in total. The molecule has 2 unspecified atom stereocenters. The number of phosphoric acid groups is 2. The van der Waals surface area contributed by atoms with Gasteiger partial charge in [-0.3, -0.25) is 56.4 Å². The molecule has 2 aliphatic heterocycles. The number of aromatic amines is 1. The summed E-state index contributed by atoms with van der Waals surface area (Å²) in [6, 6.07) is 9.72. The highest BCUT2D eigenvalue weighted by Gasteiger charge is 2.75. The quantitative estimate of drug-likeness (QED) is 0.0432. The van der Waals surface area contributed by atoms with Crippen molar-refractivity contribution in [2.75, 3.05) is 50.7 Å². The van der Waals surface area contributed by atoms with Crippen LogP contribution in [0.5, 0.6) is 0 Å². The molecule has 2 amide bonds. The van der Waals surface area contributed by atoms with Gasteiger partial charge < -0.3 is 28.6 Å². The van der Waals surface area contributed by atoms with Gasteiger partial charge in [0.25, 0.3) is 11.5 Å². The van der Waals surface area contributed by atoms with Crippen molar-refractivity contribution in [3.05, 3.63) is 76.6 Å². The lowest BCUT2D eigenvalue weighted by Crippen LogP contribution is -2.51. The Labute approximate surface area is 431 Å². The Morgan fingerprint density at radius 1 is 1.00 bits per heavy atom. The predicted octanol–water partition coefficient (Wildman–Crippen LogP) is 6.57. The Bertz CT molecular complexity index is 3210. The third kappa shape index (κ3) is 10.6. The van der Waals surface area contributed by atoms with Crippen LogP contribution in [0, 0.1) is 35.2 Å². The van der Waals surface area contributed by atoms with Crippen molar-refractivity contribution in [1.29, 1.82) is 5.26 Å². The van der Waals surface area contributed by atoms with Crippen molar-refractivity contribution in [3.8, 4) is 6.07 Å². The molecule has 2 aliphatic carbocycles. The van der Waals surface area contributed by atoms with Gasteiger partial charge in [-0.15, -0.1) is 0 Å². The fourth-order valence-corrected chi connectivity index (χ4v) is 13.5. The van der Waals surface area contributed by atoms with Crippen molar-refractivity contribution in [1.82, 2.24) is 39.0 Å². The largest absolute Gasteiger partial charge is 0.475 e. The molecule has 400 valence electrons. The standard InChI is InChI=1S/C46H58N12O14P2Si/c1-26(2)40(59)55-44-54-39-31(42(61)56-44)52-25-58(39)43-35-33(64-7)29(69-43)21-67-73(62,66-19-17-48-6)70-34-32(57-24-51-30-37(49-23-50-38(30)57)53-41(60)27-14-11-10-12-15-27)28-20-46(28,36(34)72-75(8,9)45(3,4)5)22-68-74(63,71-35)65-18-13-16-47/h10-12,14-15,23-26,28-29,32-36,43H,13,17-22H2,1-5,7-9H3,(H,49,50,53,60)(H2,54,55,56,59,61)/t28-,29-,32-,33-,34+,35-,36+,43-,46+,73?,74?/m1/s1. The minimum atomic E-state index is -4.84. The van der Waals surface area contributed by atoms with Crippen molar-refractivity contribution in [2.45, 2.75) is 108 Å². The highest BCUT2D eigenvalue weighted by atomic mass is 31.2. The molecule has 4 fully saturated rings. The maximum atomic E-state index is 15.6. The van der Waals surface area contributed by atoms with Gasteiger partial charge in [-0.05, 0) is 42.6 Å². The third-order valence-corrected chi connectivity index (χ3v) is 21.7. The number of aromatic nitrogens is 8. The van der Waals surface area contributed by atoms with Crippen molar-refractivity contribution in [2.24, 2.45) is 17.3 Å². The number of rotatable bonds is 15. The first-order valence-electron chi connectivity index (χ1n) is 24.2. The van der Waals surface area contributed by atoms with Crippen molar-refractivity contribution >= 4 is 69.9 Å². The second kappa shape index (κ2) is 21.1. The summed E-state index contributed by atoms with van der Waals surface area (Å²) in [7, 11) is -11.2. The Balaban J connectivity index is 1.17. The number of nitrogens with one attached hydrogen (secondary N) is 3. The van der Waals surface area contributed by atoms with Crippen LogP contribution in [0.25, 0.3) is 27.2 Å². The number of methoxy groups -OCH3 is 1. The number of nitrogens with zero attached hydrogens (tertiary/aromatic N) is 9. The summed E-state index contributed by atoms with van der Waals surface area (Å²) in [5, 5.41) is 14.6. The number of hydrogen-bond donors (Lipinski definition) is 3. The number of imidazole rings is 2. The van der Waals surface area contributed by atoms with E-state index in [-0.39, 0.29) is 66.9 Å². The molecule has 0 radical (unpaired) electrons. The number of benzene rings is 1. The molecule has 11 atom stereocenters. The number of ether oxygens (including phenoxy) is 2. The van der Waals surface area contributed by atoms with Crippen molar-refractivity contribution < 1.29 is 59.8 Å². The highest BCUT2D eigenvalue weighted by molar-refractivity contribution is 7.48. The summed E-state index contributed by atoms with van der Waals surface area (Å²) >= 11 is 0. The molecule has 4 aliphatic rings. The molecular weight excluding hydrogens is 1030 g/mol. The van der Waals surface area contributed by atoms with E-state index in [1.54, 1.807) is 48.7 Å². The highest BCUT2D eigenvalue weighted by Crippen LogP contribution is 2.73. The molecule has 9 rings (SSSR count). The number of hydrogen-bond acceptors (Lipinski definition) is 20. The van der Waals surface area contributed by atoms with E-state index in [0.29, 0.717) is 12.0 Å². The monoisotopic (exact) mass is 1090 g/mol. The minimum Gasteiger partial charge on any atom is -0.411 e. The number of H-pyrrole nitrogens is 1. The average Bonchev–Trinajstić information content (AvgIpc) is 3.78. The van der Waals surface area contributed by atoms with E-state index >= 15 is 9.13 Å². The number of carbonyl (C=O) groups is 2. The van der Waals surface area contributed by atoms with Crippen LogP contribution in [0.3, 0.4) is 0 Å². The van der Waals surface area contributed by atoms with Crippen LogP contribution in [-0.2, 0) is 55.0 Å². The van der Waals surface area contributed by atoms with Gasteiger partial charge >= 0.3 is 15.6 Å². The SMILES string of the molecule is [C-]#[N+]CCOP1(=O)OC[C@H]2O[C@@H](n3cnc4c(=O)[nH]c(NC(=O)C(C)C)nc43)[C@H](OP(=O)(OCCC#N)OC[C@@]34C[C@@H]3[C@@H](n3cnc5c(NC(=O)c6ccccc6)ncnc53)[C@H](O1)[C@@H]4O[Si](C)(C)C(C)(C)C)[C@@H]2OC. The van der Waals surface area contributed by atoms with Gasteiger partial charge in [0.05, 0.1) is 57.1 Å². The fraction of sp³-hybridized carbons (Fsp3) is 0.565. The zero-order valence-corrected chi connectivity index (χ0v) is 45.2. The van der Waals surface area contributed by atoms with E-state index in [1.807, 2.05) is 19.2 Å². The summed E-state index contributed by atoms with van der Waals surface area (Å²) in [6.45, 7) is 19.1. The summed E-state index contributed by atoms with van der Waals surface area (Å²) < 4.78 is 91.9. The Morgan fingerprint density at radius 2 is 1.71 bits per heavy atom. The van der Waals surface area contributed by atoms with E-state index < -0.39 is 113 Å². The molecule has 75 heavy (non-hydrogen) atoms. The maximum absolute atomic E-state index is 15.6. The number of nitriles is 1. The molecule has 3 N–H and O–H groups in total. The minimum absolute atomic E-state index is 0.0833. The molecule has 4 aromatic heterocycles. The molecular formula is C46H58N12O14P2Si. The Kier molecular flexibility index (Phi) is 15.2. The second-order valence-corrected chi connectivity index (χ2v) is 28.4. The maximum Gasteiger partial charge on any atom is 0.475 e. The van der Waals surface area contributed by atoms with E-state index in [1.165, 1.54) is 30.7 Å².